The Bertz CT molecular complexity index is 1560. The average molecular weight is 539 g/mol. The second-order valence-electron chi connectivity index (χ2n) is 10.2. The van der Waals surface area contributed by atoms with E-state index < -0.39 is 6.09 Å². The molecule has 0 aliphatic carbocycles. The fourth-order valence-corrected chi connectivity index (χ4v) is 5.34. The Morgan fingerprint density at radius 2 is 1.88 bits per heavy atom. The van der Waals surface area contributed by atoms with Gasteiger partial charge in [0.25, 0.3) is 0 Å². The quantitative estimate of drug-likeness (QED) is 0.270. The monoisotopic (exact) mass is 538 g/mol. The molecule has 3 aromatic heterocycles. The van der Waals surface area contributed by atoms with Crippen molar-refractivity contribution in [2.75, 3.05) is 37.6 Å². The number of carbonyl (C=O) groups is 1. The van der Waals surface area contributed by atoms with Crippen LogP contribution < -0.4 is 10.2 Å². The first-order valence-electron chi connectivity index (χ1n) is 13.9. The molecule has 0 bridgehead atoms. The van der Waals surface area contributed by atoms with E-state index >= 15 is 0 Å². The van der Waals surface area contributed by atoms with E-state index in [0.717, 1.165) is 78.2 Å². The largest absolute Gasteiger partial charge is 0.460 e. The summed E-state index contributed by atoms with van der Waals surface area (Å²) < 4.78 is 13.7. The number of amides is 1. The molecule has 1 aliphatic heterocycles. The van der Waals surface area contributed by atoms with Crippen LogP contribution in [-0.2, 0) is 17.9 Å². The number of piperazine rings is 1. The number of benzene rings is 2. The van der Waals surface area contributed by atoms with E-state index in [0.29, 0.717) is 6.54 Å². The molecule has 6 rings (SSSR count). The van der Waals surface area contributed by atoms with E-state index in [4.69, 9.17) is 14.3 Å². The van der Waals surface area contributed by atoms with Crippen LogP contribution in [0.5, 0.6) is 0 Å². The van der Waals surface area contributed by atoms with Crippen molar-refractivity contribution < 1.29 is 13.9 Å². The second-order valence-corrected chi connectivity index (χ2v) is 10.2. The van der Waals surface area contributed by atoms with Gasteiger partial charge >= 0.3 is 6.09 Å². The summed E-state index contributed by atoms with van der Waals surface area (Å²) in [6.07, 6.45) is 4.10. The third-order valence-electron chi connectivity index (χ3n) is 7.54. The summed E-state index contributed by atoms with van der Waals surface area (Å²) in [6.45, 7) is 7.29. The van der Waals surface area contributed by atoms with E-state index in [-0.39, 0.29) is 12.6 Å². The third-order valence-corrected chi connectivity index (χ3v) is 7.54. The van der Waals surface area contributed by atoms with Gasteiger partial charge in [-0.1, -0.05) is 43.3 Å². The summed E-state index contributed by atoms with van der Waals surface area (Å²) in [6, 6.07) is 21.9. The molecule has 206 valence electrons. The minimum Gasteiger partial charge on any atom is -0.460 e. The highest BCUT2D eigenvalue weighted by molar-refractivity contribution is 6.03. The van der Waals surface area contributed by atoms with Gasteiger partial charge in [0.05, 0.1) is 24.3 Å². The Balaban J connectivity index is 1.12. The zero-order valence-corrected chi connectivity index (χ0v) is 22.7. The number of pyridine rings is 1. The summed E-state index contributed by atoms with van der Waals surface area (Å²) in [5, 5.41) is 9.72. The summed E-state index contributed by atoms with van der Waals surface area (Å²) >= 11 is 0. The summed E-state index contributed by atoms with van der Waals surface area (Å²) in [5.41, 5.74) is 2.83. The minimum atomic E-state index is -0.433. The number of fused-ring (bicyclic) bond motifs is 3. The SMILES string of the molecule is CCC(CNC(=O)OCc1ccccc1)n1ncc2ccc3oc(CN4CCN(c5ccccn5)CC4)cc3c21. The molecule has 1 amide bonds. The summed E-state index contributed by atoms with van der Waals surface area (Å²) in [5.74, 6) is 1.98. The van der Waals surface area contributed by atoms with Crippen molar-refractivity contribution in [1.29, 1.82) is 0 Å². The Labute approximate surface area is 233 Å². The predicted octanol–water partition coefficient (Wildman–Crippen LogP) is 5.38. The number of ether oxygens (including phenoxy) is 1. The second kappa shape index (κ2) is 11.8. The zero-order valence-electron chi connectivity index (χ0n) is 22.7. The highest BCUT2D eigenvalue weighted by Gasteiger charge is 2.21. The van der Waals surface area contributed by atoms with E-state index in [1.165, 1.54) is 0 Å². The van der Waals surface area contributed by atoms with Gasteiger partial charge in [0.15, 0.2) is 0 Å². The lowest BCUT2D eigenvalue weighted by atomic mass is 10.1. The topological polar surface area (TPSA) is 88.7 Å². The van der Waals surface area contributed by atoms with Crippen molar-refractivity contribution in [1.82, 2.24) is 25.0 Å². The Morgan fingerprint density at radius 1 is 1.05 bits per heavy atom. The number of furan rings is 1. The van der Waals surface area contributed by atoms with Crippen LogP contribution in [0.15, 0.2) is 83.5 Å². The molecule has 0 saturated carbocycles. The molecular formula is C31H34N6O3. The first-order chi connectivity index (χ1) is 19.7. The highest BCUT2D eigenvalue weighted by atomic mass is 16.5. The van der Waals surface area contributed by atoms with Crippen LogP contribution >= 0.6 is 0 Å². The van der Waals surface area contributed by atoms with Crippen LogP contribution in [0.25, 0.3) is 21.9 Å². The lowest BCUT2D eigenvalue weighted by Crippen LogP contribution is -2.46. The zero-order chi connectivity index (χ0) is 27.3. The molecule has 1 unspecified atom stereocenters. The van der Waals surface area contributed by atoms with Gasteiger partial charge in [0.1, 0.15) is 23.8 Å². The first-order valence-corrected chi connectivity index (χ1v) is 13.9. The number of hydrogen-bond acceptors (Lipinski definition) is 7. The fraction of sp³-hybridized carbons (Fsp3) is 0.323. The molecule has 40 heavy (non-hydrogen) atoms. The van der Waals surface area contributed by atoms with Crippen molar-refractivity contribution >= 4 is 33.8 Å². The Hall–Kier alpha value is -4.37. The van der Waals surface area contributed by atoms with E-state index in [2.05, 4.69) is 39.2 Å². The fourth-order valence-electron chi connectivity index (χ4n) is 5.34. The van der Waals surface area contributed by atoms with Crippen molar-refractivity contribution in [3.05, 3.63) is 90.4 Å². The maximum atomic E-state index is 12.4. The van der Waals surface area contributed by atoms with Gasteiger partial charge in [-0.05, 0) is 42.3 Å². The Morgan fingerprint density at radius 3 is 2.65 bits per heavy atom. The van der Waals surface area contributed by atoms with E-state index in [1.54, 1.807) is 0 Å². The third kappa shape index (κ3) is 5.65. The number of aromatic nitrogens is 3. The van der Waals surface area contributed by atoms with Gasteiger partial charge in [0.2, 0.25) is 0 Å². The van der Waals surface area contributed by atoms with Gasteiger partial charge in [0, 0.05) is 49.7 Å². The number of nitrogens with one attached hydrogen (secondary N) is 1. The molecular weight excluding hydrogens is 504 g/mol. The number of carbonyl (C=O) groups excluding carboxylic acids is 1. The van der Waals surface area contributed by atoms with Crippen LogP contribution in [-0.4, -0.2) is 58.5 Å². The van der Waals surface area contributed by atoms with Crippen molar-refractivity contribution in [2.24, 2.45) is 0 Å². The van der Waals surface area contributed by atoms with Crippen LogP contribution in [0.4, 0.5) is 10.6 Å². The van der Waals surface area contributed by atoms with E-state index in [9.17, 15) is 4.79 Å². The minimum absolute atomic E-state index is 0.0228. The molecule has 4 heterocycles. The van der Waals surface area contributed by atoms with Crippen molar-refractivity contribution in [3.63, 3.8) is 0 Å². The van der Waals surface area contributed by atoms with Gasteiger partial charge in [-0.15, -0.1) is 0 Å². The molecule has 1 N–H and O–H groups in total. The lowest BCUT2D eigenvalue weighted by molar-refractivity contribution is 0.138. The highest BCUT2D eigenvalue weighted by Crippen LogP contribution is 2.31. The summed E-state index contributed by atoms with van der Waals surface area (Å²) in [7, 11) is 0. The lowest BCUT2D eigenvalue weighted by Gasteiger charge is -2.34. The number of alkyl carbamates (subject to hydrolysis) is 1. The predicted molar refractivity (Wildman–Crippen MR) is 155 cm³/mol. The standard InChI is InChI=1S/C31H34N6O3/c1-2-25(20-33-31(38)39-22-23-8-4-3-5-9-23)37-30-24(19-34-37)11-12-28-27(30)18-26(40-28)21-35-14-16-36(17-15-35)29-10-6-7-13-32-29/h3-13,18-19,25H,2,14-17,20-22H2,1H3,(H,33,38). The normalized spacial score (nSPS) is 15.0. The van der Waals surface area contributed by atoms with Crippen LogP contribution in [0, 0.1) is 0 Å². The molecule has 0 radical (unpaired) electrons. The number of rotatable bonds is 9. The van der Waals surface area contributed by atoms with Crippen LogP contribution in [0.3, 0.4) is 0 Å². The van der Waals surface area contributed by atoms with Gasteiger partial charge in [-0.25, -0.2) is 9.78 Å². The summed E-state index contributed by atoms with van der Waals surface area (Å²) in [4.78, 5) is 21.6. The molecule has 9 nitrogen and oxygen atoms in total. The average Bonchev–Trinajstić information content (AvgIpc) is 3.62. The number of nitrogens with zero attached hydrogens (tertiary/aromatic N) is 5. The molecule has 1 atom stereocenters. The number of hydrogen-bond donors (Lipinski definition) is 1. The van der Waals surface area contributed by atoms with E-state index in [1.807, 2.05) is 71.7 Å². The van der Waals surface area contributed by atoms with Gasteiger partial charge in [-0.2, -0.15) is 5.10 Å². The van der Waals surface area contributed by atoms with Crippen molar-refractivity contribution in [3.8, 4) is 0 Å². The molecule has 1 aliphatic rings. The maximum Gasteiger partial charge on any atom is 0.407 e. The van der Waals surface area contributed by atoms with Gasteiger partial charge in [-0.3, -0.25) is 9.58 Å². The van der Waals surface area contributed by atoms with Gasteiger partial charge < -0.3 is 19.4 Å². The molecule has 9 heteroatoms. The smallest absolute Gasteiger partial charge is 0.407 e. The molecule has 1 saturated heterocycles. The van der Waals surface area contributed by atoms with Crippen LogP contribution in [0.2, 0.25) is 0 Å². The molecule has 0 spiro atoms. The maximum absolute atomic E-state index is 12.4. The molecule has 2 aromatic carbocycles. The molecule has 5 aromatic rings. The Kier molecular flexibility index (Phi) is 7.63. The number of anilines is 1. The molecule has 1 fully saturated rings. The van der Waals surface area contributed by atoms with Crippen molar-refractivity contribution in [2.45, 2.75) is 32.5 Å². The van der Waals surface area contributed by atoms with Crippen LogP contribution in [0.1, 0.15) is 30.7 Å². The first kappa shape index (κ1) is 25.9.